The van der Waals surface area contributed by atoms with Gasteiger partial charge in [0.1, 0.15) is 17.3 Å². The molecule has 3 N–H and O–H groups in total. The third-order valence-corrected chi connectivity index (χ3v) is 23.6. The van der Waals surface area contributed by atoms with E-state index < -0.39 is 0 Å². The second-order valence-electron chi connectivity index (χ2n) is 61.2. The maximum atomic E-state index is 13.8. The molecule has 0 aromatic heterocycles. The van der Waals surface area contributed by atoms with Crippen molar-refractivity contribution in [1.82, 2.24) is 16.0 Å². The fourth-order valence-electron chi connectivity index (χ4n) is 14.7. The zero-order chi connectivity index (χ0) is 114. The van der Waals surface area contributed by atoms with Gasteiger partial charge in [0.25, 0.3) is 17.7 Å². The number of nitrogens with one attached hydrogen (secondary N) is 3. The Bertz CT molecular complexity index is 4370. The molecule has 0 heterocycles. The lowest BCUT2D eigenvalue weighted by Gasteiger charge is -2.39. The Hall–Kier alpha value is -6.70. The first kappa shape index (κ1) is 144. The van der Waals surface area contributed by atoms with Crippen LogP contribution in [-0.2, 0) is 41.3 Å². The largest absolute Gasteiger partial charge is 0.496 e. The summed E-state index contributed by atoms with van der Waals surface area (Å²) in [6.45, 7) is 127. The van der Waals surface area contributed by atoms with Gasteiger partial charge < -0.3 is 34.9 Å². The van der Waals surface area contributed by atoms with Crippen LogP contribution in [-0.4, -0.2) is 88.6 Å². The quantitative estimate of drug-likeness (QED) is 0.0344. The van der Waals surface area contributed by atoms with Crippen LogP contribution in [0.3, 0.4) is 0 Å². The summed E-state index contributed by atoms with van der Waals surface area (Å²) in [6, 6.07) is 32.4. The highest BCUT2D eigenvalue weighted by Crippen LogP contribution is 2.42. The van der Waals surface area contributed by atoms with Crippen molar-refractivity contribution in [3.05, 3.63) is 165 Å². The summed E-state index contributed by atoms with van der Waals surface area (Å²) in [4.78, 5) is 60.1. The van der Waals surface area contributed by atoms with Crippen LogP contribution in [0.15, 0.2) is 103 Å². The van der Waals surface area contributed by atoms with E-state index in [0.29, 0.717) is 86.1 Å². The first-order chi connectivity index (χ1) is 64.0. The second kappa shape index (κ2) is 61.0. The van der Waals surface area contributed by atoms with Gasteiger partial charge in [-0.2, -0.15) is 0 Å². The van der Waals surface area contributed by atoms with Gasteiger partial charge in [-0.05, 0) is 246 Å². The van der Waals surface area contributed by atoms with E-state index in [1.165, 1.54) is 68.6 Å². The van der Waals surface area contributed by atoms with E-state index >= 15 is 0 Å². The molecule has 5 aromatic rings. The van der Waals surface area contributed by atoms with Gasteiger partial charge in [-0.15, -0.1) is 0 Å². The topological polar surface area (TPSA) is 158 Å². The molecule has 0 saturated carbocycles. The Kier molecular flexibility index (Phi) is 60.8. The lowest BCUT2D eigenvalue weighted by molar-refractivity contribution is -0.123. The molecule has 5 aromatic carbocycles. The summed E-state index contributed by atoms with van der Waals surface area (Å²) < 4.78 is 36.2. The minimum Gasteiger partial charge on any atom is -0.496 e. The van der Waals surface area contributed by atoms with Crippen molar-refractivity contribution in [2.75, 3.05) is 53.2 Å². The van der Waals surface area contributed by atoms with Crippen LogP contribution in [0.2, 0.25) is 0 Å². The van der Waals surface area contributed by atoms with Crippen LogP contribution in [0.1, 0.15) is 539 Å². The molecule has 0 aliphatic carbocycles. The van der Waals surface area contributed by atoms with Gasteiger partial charge in [0.15, 0.2) is 18.2 Å². The van der Waals surface area contributed by atoms with Crippen LogP contribution in [0.5, 0.6) is 11.5 Å². The van der Waals surface area contributed by atoms with Gasteiger partial charge >= 0.3 is 0 Å². The molecule has 144 heavy (non-hydrogen) atoms. The molecule has 0 fully saturated rings. The first-order valence-electron chi connectivity index (χ1n) is 54.5. The Morgan fingerprint density at radius 2 is 0.743 bits per heavy atom. The van der Waals surface area contributed by atoms with Gasteiger partial charge in [0, 0.05) is 79.1 Å². The van der Waals surface area contributed by atoms with Crippen molar-refractivity contribution in [2.45, 2.75) is 504 Å². The standard InChI is InChI=1S/C17H25FO.C17H27NO3.C17H26O.2C16H25NO.C14H30O.C13H28.C12H26O.C9H20/c1-16(2,3)10-9-15(19)12-7-8-14(18)13(11-12)17(4,5)6;1-11(2)18-15(19)10-21-13-8-12(3)16(17(4,5)6)14(9-13)20-7;1-16(2,3)11-10-15(18)13-8-7-9-14(12-13)17(4,5)6;1-15(2,3)11-17-14(18)12-7-9-13(10-8-12)16(4,5)6;1-15(2,3)11-17-14(18)12-9-7-8-10-13(12)16(4,5)6;1-12(2,3)11-15-10-9-14(7,8)13(4,5)6;1-12(2,3)10-8-7-9-11-13(4,5)6;1-11(2,3)8-7-9-13-10-12(4,5)6;1-8(2,3)7-9(4,5)6/h7-8,11H,9-10H2,1-6H3;8-9,11H,10H2,1-7H3,(H,18,19);7-9,12H,10-11H2,1-6H3;2*7-10H,11H2,1-6H3,(H,17,18);9-11H2,1-8H3;7-11H2,1-6H3;7-10H2,1-6H3;7H2,1-6H3. The van der Waals surface area contributed by atoms with Crippen molar-refractivity contribution < 1.29 is 47.3 Å². The molecule has 3 amide bonds. The molecule has 0 aliphatic heterocycles. The van der Waals surface area contributed by atoms with Crippen molar-refractivity contribution in [3.8, 4) is 11.5 Å². The number of hydrogen-bond donors (Lipinski definition) is 3. The molecule has 5 rings (SSSR count). The van der Waals surface area contributed by atoms with Crippen LogP contribution < -0.4 is 25.4 Å². The number of rotatable bonds is 27. The van der Waals surface area contributed by atoms with Crippen LogP contribution in [0, 0.1) is 83.1 Å². The highest BCUT2D eigenvalue weighted by molar-refractivity contribution is 5.97. The maximum absolute atomic E-state index is 13.8. The fraction of sp³-hybridized carbons (Fsp3) is 0.733. The third kappa shape index (κ3) is 76.8. The van der Waals surface area contributed by atoms with E-state index in [0.717, 1.165) is 84.8 Å². The summed E-state index contributed by atoms with van der Waals surface area (Å²) in [5.41, 5.74) is 13.6. The molecule has 13 heteroatoms. The predicted octanol–water partition coefficient (Wildman–Crippen LogP) is 37.7. The summed E-state index contributed by atoms with van der Waals surface area (Å²) >= 11 is 0. The summed E-state index contributed by atoms with van der Waals surface area (Å²) in [5, 5.41) is 8.77. The highest BCUT2D eigenvalue weighted by atomic mass is 19.1. The molecular weight excluding hydrogens is 1780 g/mol. The van der Waals surface area contributed by atoms with Gasteiger partial charge in [-0.3, -0.25) is 24.0 Å². The zero-order valence-corrected chi connectivity index (χ0v) is 105. The smallest absolute Gasteiger partial charge is 0.258 e. The number of methoxy groups -OCH3 is 1. The summed E-state index contributed by atoms with van der Waals surface area (Å²) in [5.74, 6) is 1.47. The van der Waals surface area contributed by atoms with Crippen molar-refractivity contribution in [2.24, 2.45) is 70.4 Å². The highest BCUT2D eigenvalue weighted by Gasteiger charge is 2.34. The van der Waals surface area contributed by atoms with Crippen molar-refractivity contribution >= 4 is 29.3 Å². The molecule has 0 atom stereocenters. The van der Waals surface area contributed by atoms with Crippen LogP contribution in [0.4, 0.5) is 4.39 Å². The first-order valence-corrected chi connectivity index (χ1v) is 54.5. The molecular formula is C131H232FN3O9. The predicted molar refractivity (Wildman–Crippen MR) is 628 cm³/mol. The normalized spacial score (nSPS) is 12.8. The zero-order valence-electron chi connectivity index (χ0n) is 105. The SMILES string of the molecule is CC(C)(C)CC(C)(C)C.CC(C)(C)CCC(=O)c1ccc(F)c(C(C)(C)C)c1.CC(C)(C)CCC(=O)c1cccc(C(C)(C)C)c1.CC(C)(C)CCCCCC(C)(C)C.CC(C)(C)CCCOCC(C)(C)C.CC(C)(C)CNC(=O)c1ccc(C(C)(C)C)cc1.CC(C)(C)CNC(=O)c1ccccc1C(C)(C)C.CC(C)(C)COCCC(C)(C)C(C)(C)C.COc1cc(OCC(=O)NC(C)C)cc(C)c1C(C)(C)C. The van der Waals surface area contributed by atoms with Gasteiger partial charge in [0.05, 0.1) is 20.3 Å². The average molecular weight is 2010 g/mol. The Morgan fingerprint density at radius 1 is 0.347 bits per heavy atom. The molecule has 832 valence electrons. The van der Waals surface area contributed by atoms with Crippen molar-refractivity contribution in [3.63, 3.8) is 0 Å². The number of halogens is 1. The van der Waals surface area contributed by atoms with E-state index in [2.05, 4.69) is 368 Å². The molecule has 0 unspecified atom stereocenters. The van der Waals surface area contributed by atoms with E-state index in [1.54, 1.807) is 19.2 Å². The fourth-order valence-corrected chi connectivity index (χ4v) is 14.7. The number of benzene rings is 5. The number of carbonyl (C=O) groups excluding carboxylic acids is 5. The van der Waals surface area contributed by atoms with E-state index in [4.69, 9.17) is 18.9 Å². The third-order valence-electron chi connectivity index (χ3n) is 23.6. The van der Waals surface area contributed by atoms with Gasteiger partial charge in [0.2, 0.25) is 0 Å². The molecule has 0 saturated heterocycles. The van der Waals surface area contributed by atoms with E-state index in [1.807, 2.05) is 120 Å². The van der Waals surface area contributed by atoms with E-state index in [9.17, 15) is 28.4 Å². The Balaban J connectivity index is -0.000000772. The molecule has 0 spiro atoms. The van der Waals surface area contributed by atoms with Gasteiger partial charge in [-0.1, -0.05) is 435 Å². The molecule has 12 nitrogen and oxygen atoms in total. The Morgan fingerprint density at radius 3 is 1.10 bits per heavy atom. The number of ether oxygens (including phenoxy) is 4. The molecule has 0 bridgehead atoms. The maximum Gasteiger partial charge on any atom is 0.258 e. The van der Waals surface area contributed by atoms with Crippen molar-refractivity contribution in [1.29, 1.82) is 0 Å². The number of ketones is 2. The second-order valence-corrected chi connectivity index (χ2v) is 61.2. The Labute approximate surface area is 891 Å². The number of Topliss-reactive ketones (excluding diaryl/α,β-unsaturated/α-hetero) is 2. The number of amides is 3. The number of aryl methyl sites for hydroxylation is 1. The van der Waals surface area contributed by atoms with Crippen LogP contribution >= 0.6 is 0 Å². The number of hydrogen-bond acceptors (Lipinski definition) is 9. The number of unbranched alkanes of at least 4 members (excludes halogenated alkanes) is 2. The number of carbonyl (C=O) groups is 5. The monoisotopic (exact) mass is 2010 g/mol. The summed E-state index contributed by atoms with van der Waals surface area (Å²) in [7, 11) is 1.65. The molecule has 0 aliphatic rings. The minimum atomic E-state index is -0.287. The molecule has 0 radical (unpaired) electrons. The lowest BCUT2D eigenvalue weighted by atomic mass is 9.67. The summed E-state index contributed by atoms with van der Waals surface area (Å²) in [6.07, 6.45) is 14.7. The van der Waals surface area contributed by atoms with E-state index in [-0.39, 0.29) is 102 Å². The lowest BCUT2D eigenvalue weighted by Crippen LogP contribution is -2.34. The van der Waals surface area contributed by atoms with Gasteiger partial charge in [-0.25, -0.2) is 4.39 Å². The van der Waals surface area contributed by atoms with Crippen LogP contribution in [0.25, 0.3) is 0 Å². The minimum absolute atomic E-state index is 0.00499. The average Bonchev–Trinajstić information content (AvgIpc) is 0.798.